The Labute approximate surface area is 96.9 Å². The SMILES string of the molecule is NCCC1(O)CCN(c2ccccc2)CC1. The van der Waals surface area contributed by atoms with Gasteiger partial charge in [-0.25, -0.2) is 0 Å². The van der Waals surface area contributed by atoms with Gasteiger partial charge in [0.15, 0.2) is 0 Å². The van der Waals surface area contributed by atoms with Gasteiger partial charge in [0.2, 0.25) is 0 Å². The van der Waals surface area contributed by atoms with Crippen molar-refractivity contribution in [3.05, 3.63) is 30.3 Å². The molecular formula is C13H20N2O. The van der Waals surface area contributed by atoms with Crippen molar-refractivity contribution >= 4 is 5.69 Å². The first-order chi connectivity index (χ1) is 7.73. The highest BCUT2D eigenvalue weighted by molar-refractivity contribution is 5.46. The van der Waals surface area contributed by atoms with Crippen LogP contribution in [0.5, 0.6) is 0 Å². The topological polar surface area (TPSA) is 49.5 Å². The number of benzene rings is 1. The largest absolute Gasteiger partial charge is 0.390 e. The lowest BCUT2D eigenvalue weighted by Gasteiger charge is -2.39. The molecule has 16 heavy (non-hydrogen) atoms. The van der Waals surface area contributed by atoms with Gasteiger partial charge in [0, 0.05) is 18.8 Å². The van der Waals surface area contributed by atoms with E-state index >= 15 is 0 Å². The van der Waals surface area contributed by atoms with Gasteiger partial charge in [-0.1, -0.05) is 18.2 Å². The molecule has 0 radical (unpaired) electrons. The monoisotopic (exact) mass is 220 g/mol. The number of nitrogens with zero attached hydrogens (tertiary/aromatic N) is 1. The Bertz CT molecular complexity index is 318. The standard InChI is InChI=1S/C13H20N2O/c14-9-6-13(16)7-10-15(11-8-13)12-4-2-1-3-5-12/h1-5,16H,6-11,14H2. The number of aliphatic hydroxyl groups is 1. The summed E-state index contributed by atoms with van der Waals surface area (Å²) in [4.78, 5) is 2.32. The van der Waals surface area contributed by atoms with Gasteiger partial charge in [-0.3, -0.25) is 0 Å². The van der Waals surface area contributed by atoms with Gasteiger partial charge in [0.05, 0.1) is 5.60 Å². The molecule has 1 fully saturated rings. The second kappa shape index (κ2) is 4.85. The molecule has 1 aromatic carbocycles. The van der Waals surface area contributed by atoms with Crippen LogP contribution >= 0.6 is 0 Å². The highest BCUT2D eigenvalue weighted by Crippen LogP contribution is 2.28. The van der Waals surface area contributed by atoms with Crippen LogP contribution in [-0.2, 0) is 0 Å². The maximum Gasteiger partial charge on any atom is 0.0693 e. The predicted octanol–water partition coefficient (Wildman–Crippen LogP) is 1.37. The zero-order valence-electron chi connectivity index (χ0n) is 9.60. The summed E-state index contributed by atoms with van der Waals surface area (Å²) in [6.07, 6.45) is 2.35. The quantitative estimate of drug-likeness (QED) is 0.809. The third-order valence-electron chi connectivity index (χ3n) is 3.43. The smallest absolute Gasteiger partial charge is 0.0693 e. The van der Waals surface area contributed by atoms with Crippen molar-refractivity contribution in [3.8, 4) is 0 Å². The van der Waals surface area contributed by atoms with Crippen molar-refractivity contribution in [3.63, 3.8) is 0 Å². The minimum absolute atomic E-state index is 0.528. The van der Waals surface area contributed by atoms with E-state index in [-0.39, 0.29) is 0 Å². The normalized spacial score (nSPS) is 19.8. The van der Waals surface area contributed by atoms with E-state index in [0.29, 0.717) is 6.54 Å². The highest BCUT2D eigenvalue weighted by atomic mass is 16.3. The number of hydrogen-bond acceptors (Lipinski definition) is 3. The van der Waals surface area contributed by atoms with Crippen LogP contribution in [0, 0.1) is 0 Å². The van der Waals surface area contributed by atoms with Crippen LogP contribution in [0.2, 0.25) is 0 Å². The van der Waals surface area contributed by atoms with Gasteiger partial charge in [0.25, 0.3) is 0 Å². The summed E-state index contributed by atoms with van der Waals surface area (Å²) in [5.41, 5.74) is 6.24. The van der Waals surface area contributed by atoms with Crippen LogP contribution in [0.4, 0.5) is 5.69 Å². The number of anilines is 1. The van der Waals surface area contributed by atoms with Gasteiger partial charge in [-0.2, -0.15) is 0 Å². The summed E-state index contributed by atoms with van der Waals surface area (Å²) >= 11 is 0. The lowest BCUT2D eigenvalue weighted by Crippen LogP contribution is -2.45. The third kappa shape index (κ3) is 2.54. The number of nitrogens with two attached hydrogens (primary N) is 1. The van der Waals surface area contributed by atoms with E-state index in [1.165, 1.54) is 5.69 Å². The van der Waals surface area contributed by atoms with E-state index in [2.05, 4.69) is 29.2 Å². The highest BCUT2D eigenvalue weighted by Gasteiger charge is 2.31. The molecular weight excluding hydrogens is 200 g/mol. The Hall–Kier alpha value is -1.06. The molecule has 88 valence electrons. The first kappa shape index (κ1) is 11.4. The fourth-order valence-corrected chi connectivity index (χ4v) is 2.34. The summed E-state index contributed by atoms with van der Waals surface area (Å²) in [6.45, 7) is 2.41. The van der Waals surface area contributed by atoms with Crippen molar-refractivity contribution in [1.82, 2.24) is 0 Å². The molecule has 0 bridgehead atoms. The average Bonchev–Trinajstić information content (AvgIpc) is 2.31. The maximum absolute atomic E-state index is 10.2. The van der Waals surface area contributed by atoms with Crippen molar-refractivity contribution < 1.29 is 5.11 Å². The molecule has 1 aromatic rings. The molecule has 3 heteroatoms. The molecule has 3 nitrogen and oxygen atoms in total. The number of hydrogen-bond donors (Lipinski definition) is 2. The molecule has 0 saturated carbocycles. The van der Waals surface area contributed by atoms with E-state index in [1.54, 1.807) is 0 Å². The molecule has 0 aliphatic carbocycles. The zero-order valence-corrected chi connectivity index (χ0v) is 9.60. The van der Waals surface area contributed by atoms with Crippen LogP contribution in [0.1, 0.15) is 19.3 Å². The van der Waals surface area contributed by atoms with Crippen molar-refractivity contribution in [2.75, 3.05) is 24.5 Å². The minimum atomic E-state index is -0.528. The molecule has 2 rings (SSSR count). The van der Waals surface area contributed by atoms with Crippen LogP contribution in [0.15, 0.2) is 30.3 Å². The molecule has 0 unspecified atom stereocenters. The summed E-state index contributed by atoms with van der Waals surface area (Å²) in [7, 11) is 0. The van der Waals surface area contributed by atoms with E-state index in [1.807, 2.05) is 6.07 Å². The summed E-state index contributed by atoms with van der Waals surface area (Å²) in [5, 5.41) is 10.2. The fourth-order valence-electron chi connectivity index (χ4n) is 2.34. The Balaban J connectivity index is 1.95. The second-order valence-electron chi connectivity index (χ2n) is 4.59. The second-order valence-corrected chi connectivity index (χ2v) is 4.59. The summed E-state index contributed by atoms with van der Waals surface area (Å²) in [6, 6.07) is 10.4. The Morgan fingerprint density at radius 2 is 1.81 bits per heavy atom. The molecule has 1 aliphatic rings. The van der Waals surface area contributed by atoms with E-state index in [9.17, 15) is 5.11 Å². The van der Waals surface area contributed by atoms with Crippen LogP contribution in [0.25, 0.3) is 0 Å². The van der Waals surface area contributed by atoms with Crippen LogP contribution in [0.3, 0.4) is 0 Å². The predicted molar refractivity (Wildman–Crippen MR) is 66.5 cm³/mol. The Morgan fingerprint density at radius 3 is 2.38 bits per heavy atom. The lowest BCUT2D eigenvalue weighted by atomic mass is 9.88. The minimum Gasteiger partial charge on any atom is -0.390 e. The van der Waals surface area contributed by atoms with Gasteiger partial charge in [-0.15, -0.1) is 0 Å². The van der Waals surface area contributed by atoms with Crippen molar-refractivity contribution in [1.29, 1.82) is 0 Å². The maximum atomic E-state index is 10.2. The zero-order chi connectivity index (χ0) is 11.4. The Morgan fingerprint density at radius 1 is 1.19 bits per heavy atom. The third-order valence-corrected chi connectivity index (χ3v) is 3.43. The molecule has 0 amide bonds. The number of rotatable bonds is 3. The van der Waals surface area contributed by atoms with Crippen LogP contribution < -0.4 is 10.6 Å². The summed E-state index contributed by atoms with van der Waals surface area (Å²) in [5.74, 6) is 0. The first-order valence-corrected chi connectivity index (χ1v) is 5.96. The molecule has 1 aliphatic heterocycles. The molecule has 0 atom stereocenters. The molecule has 1 saturated heterocycles. The number of para-hydroxylation sites is 1. The van der Waals surface area contributed by atoms with Gasteiger partial charge < -0.3 is 15.7 Å². The molecule has 3 N–H and O–H groups in total. The van der Waals surface area contributed by atoms with E-state index in [0.717, 1.165) is 32.4 Å². The van der Waals surface area contributed by atoms with E-state index < -0.39 is 5.60 Å². The Kier molecular flexibility index (Phi) is 3.46. The first-order valence-electron chi connectivity index (χ1n) is 5.96. The van der Waals surface area contributed by atoms with Crippen molar-refractivity contribution in [2.45, 2.75) is 24.9 Å². The van der Waals surface area contributed by atoms with Crippen LogP contribution in [-0.4, -0.2) is 30.3 Å². The van der Waals surface area contributed by atoms with E-state index in [4.69, 9.17) is 5.73 Å². The lowest BCUT2D eigenvalue weighted by molar-refractivity contribution is 0.0104. The molecule has 0 spiro atoms. The van der Waals surface area contributed by atoms with Gasteiger partial charge in [0.1, 0.15) is 0 Å². The average molecular weight is 220 g/mol. The van der Waals surface area contributed by atoms with Gasteiger partial charge >= 0.3 is 0 Å². The fraction of sp³-hybridized carbons (Fsp3) is 0.538. The number of piperidine rings is 1. The van der Waals surface area contributed by atoms with Gasteiger partial charge in [-0.05, 0) is 37.9 Å². The molecule has 0 aromatic heterocycles. The molecule has 1 heterocycles. The summed E-state index contributed by atoms with van der Waals surface area (Å²) < 4.78 is 0. The van der Waals surface area contributed by atoms with Crippen molar-refractivity contribution in [2.24, 2.45) is 5.73 Å².